The van der Waals surface area contributed by atoms with E-state index in [1.807, 2.05) is 0 Å². The first-order chi connectivity index (χ1) is 18.3. The fourth-order valence-corrected chi connectivity index (χ4v) is 6.24. The normalized spacial score (nSPS) is 13.4. The lowest BCUT2D eigenvalue weighted by atomic mass is 9.95. The Hall–Kier alpha value is -3.38. The van der Waals surface area contributed by atoms with Crippen molar-refractivity contribution in [2.45, 2.75) is 56.5 Å². The summed E-state index contributed by atoms with van der Waals surface area (Å²) in [4.78, 5) is 39.5. The van der Waals surface area contributed by atoms with Gasteiger partial charge in [-0.2, -0.15) is 0 Å². The molecule has 3 aromatic rings. The molecular formula is C26H31N5O5S2. The van der Waals surface area contributed by atoms with E-state index in [-0.39, 0.29) is 25.0 Å². The van der Waals surface area contributed by atoms with Gasteiger partial charge in [-0.1, -0.05) is 17.8 Å². The summed E-state index contributed by atoms with van der Waals surface area (Å²) in [5, 5.41) is 14.7. The van der Waals surface area contributed by atoms with Gasteiger partial charge in [-0.15, -0.1) is 21.5 Å². The molecule has 0 saturated carbocycles. The van der Waals surface area contributed by atoms with Crippen LogP contribution in [-0.2, 0) is 36.0 Å². The summed E-state index contributed by atoms with van der Waals surface area (Å²) < 4.78 is 12.2. The number of aryl methyl sites for hydroxylation is 1. The number of thioether (sulfide) groups is 1. The van der Waals surface area contributed by atoms with Crippen LogP contribution in [0.3, 0.4) is 0 Å². The van der Waals surface area contributed by atoms with Gasteiger partial charge in [0, 0.05) is 17.5 Å². The lowest BCUT2D eigenvalue weighted by Crippen LogP contribution is -2.25. The number of aromatic nitrogens is 3. The third kappa shape index (κ3) is 6.18. The summed E-state index contributed by atoms with van der Waals surface area (Å²) in [6.07, 6.45) is 3.81. The van der Waals surface area contributed by atoms with E-state index in [0.29, 0.717) is 32.9 Å². The highest BCUT2D eigenvalue weighted by Crippen LogP contribution is 2.39. The highest BCUT2D eigenvalue weighted by Gasteiger charge is 2.28. The Kier molecular flexibility index (Phi) is 9.05. The van der Waals surface area contributed by atoms with Gasteiger partial charge < -0.3 is 24.7 Å². The molecule has 0 spiro atoms. The van der Waals surface area contributed by atoms with Gasteiger partial charge in [-0.3, -0.25) is 9.59 Å². The van der Waals surface area contributed by atoms with Crippen LogP contribution in [-0.4, -0.2) is 51.5 Å². The number of ether oxygens (including phenoxy) is 2. The third-order valence-corrected chi connectivity index (χ3v) is 8.54. The van der Waals surface area contributed by atoms with Crippen molar-refractivity contribution in [1.82, 2.24) is 20.1 Å². The fourth-order valence-electron chi connectivity index (χ4n) is 4.13. The lowest BCUT2D eigenvalue weighted by molar-refractivity contribution is -0.115. The standard InChI is InChI=1S/C26H31N5O5S2/c1-5-36-25(34)21-18-11-6-7-12-19(18)38-24(21)28-22(32)15(2)37-26-30-29-20(31(26)3)14-27-23(33)16-9-8-10-17(13-16)35-4/h8-10,13,15H,5-7,11-12,14H2,1-4H3,(H,27,33)(H,28,32)/t15-/m1/s1. The molecular weight excluding hydrogens is 526 g/mol. The molecule has 202 valence electrons. The van der Waals surface area contributed by atoms with Crippen molar-refractivity contribution < 1.29 is 23.9 Å². The lowest BCUT2D eigenvalue weighted by Gasteiger charge is -2.13. The molecule has 0 unspecified atom stereocenters. The van der Waals surface area contributed by atoms with Gasteiger partial charge in [0.2, 0.25) is 5.91 Å². The number of anilines is 1. The van der Waals surface area contributed by atoms with E-state index in [1.165, 1.54) is 23.1 Å². The first-order valence-corrected chi connectivity index (χ1v) is 14.1. The predicted octanol–water partition coefficient (Wildman–Crippen LogP) is 3.99. The van der Waals surface area contributed by atoms with Gasteiger partial charge >= 0.3 is 5.97 Å². The Labute approximate surface area is 229 Å². The second-order valence-corrected chi connectivity index (χ2v) is 11.2. The van der Waals surface area contributed by atoms with E-state index in [4.69, 9.17) is 9.47 Å². The fraction of sp³-hybridized carbons (Fsp3) is 0.423. The van der Waals surface area contributed by atoms with Gasteiger partial charge in [-0.25, -0.2) is 4.79 Å². The topological polar surface area (TPSA) is 124 Å². The molecule has 12 heteroatoms. The number of carbonyl (C=O) groups excluding carboxylic acids is 3. The van der Waals surface area contributed by atoms with Crippen molar-refractivity contribution in [2.24, 2.45) is 7.05 Å². The molecule has 2 heterocycles. The number of rotatable bonds is 10. The first kappa shape index (κ1) is 27.6. The number of thiophene rings is 1. The third-order valence-electron chi connectivity index (χ3n) is 6.20. The molecule has 1 aromatic carbocycles. The summed E-state index contributed by atoms with van der Waals surface area (Å²) in [5.41, 5.74) is 1.97. The maximum absolute atomic E-state index is 13.1. The summed E-state index contributed by atoms with van der Waals surface area (Å²) in [7, 11) is 3.33. The number of hydrogen-bond donors (Lipinski definition) is 2. The van der Waals surface area contributed by atoms with Crippen LogP contribution in [0.4, 0.5) is 5.00 Å². The summed E-state index contributed by atoms with van der Waals surface area (Å²) >= 11 is 2.71. The average molecular weight is 558 g/mol. The highest BCUT2D eigenvalue weighted by atomic mass is 32.2. The zero-order valence-electron chi connectivity index (χ0n) is 21.8. The molecule has 0 aliphatic heterocycles. The van der Waals surface area contributed by atoms with Crippen molar-refractivity contribution in [3.05, 3.63) is 51.7 Å². The van der Waals surface area contributed by atoms with Crippen molar-refractivity contribution in [3.63, 3.8) is 0 Å². The molecule has 0 radical (unpaired) electrons. The number of carbonyl (C=O) groups is 3. The van der Waals surface area contributed by atoms with E-state index in [1.54, 1.807) is 56.8 Å². The van der Waals surface area contributed by atoms with Crippen molar-refractivity contribution in [1.29, 1.82) is 0 Å². The molecule has 2 aromatic heterocycles. The molecule has 38 heavy (non-hydrogen) atoms. The van der Waals surface area contributed by atoms with E-state index in [0.717, 1.165) is 36.1 Å². The molecule has 1 aliphatic carbocycles. The van der Waals surface area contributed by atoms with Gasteiger partial charge in [0.05, 0.1) is 31.1 Å². The largest absolute Gasteiger partial charge is 0.497 e. The molecule has 2 N–H and O–H groups in total. The van der Waals surface area contributed by atoms with Gasteiger partial charge in [0.15, 0.2) is 11.0 Å². The summed E-state index contributed by atoms with van der Waals surface area (Å²) in [6.45, 7) is 3.99. The first-order valence-electron chi connectivity index (χ1n) is 12.4. The highest BCUT2D eigenvalue weighted by molar-refractivity contribution is 8.00. The number of benzene rings is 1. The molecule has 0 fully saturated rings. The number of nitrogens with one attached hydrogen (secondary N) is 2. The smallest absolute Gasteiger partial charge is 0.341 e. The van der Waals surface area contributed by atoms with E-state index >= 15 is 0 Å². The van der Waals surface area contributed by atoms with Crippen molar-refractivity contribution in [3.8, 4) is 5.75 Å². The summed E-state index contributed by atoms with van der Waals surface area (Å²) in [6, 6.07) is 6.88. The van der Waals surface area contributed by atoms with Gasteiger partial charge in [-0.05, 0) is 63.3 Å². The van der Waals surface area contributed by atoms with Crippen molar-refractivity contribution in [2.75, 3.05) is 19.0 Å². The number of hydrogen-bond acceptors (Lipinski definition) is 9. The maximum atomic E-state index is 13.1. The minimum absolute atomic E-state index is 0.171. The van der Waals surface area contributed by atoms with Crippen LogP contribution in [0.2, 0.25) is 0 Å². The molecule has 2 amide bonds. The van der Waals surface area contributed by atoms with E-state index < -0.39 is 11.2 Å². The van der Waals surface area contributed by atoms with Crippen LogP contribution in [0.25, 0.3) is 0 Å². The molecule has 10 nitrogen and oxygen atoms in total. The number of fused-ring (bicyclic) bond motifs is 1. The van der Waals surface area contributed by atoms with Crippen LogP contribution in [0.15, 0.2) is 29.4 Å². The van der Waals surface area contributed by atoms with Crippen LogP contribution in [0, 0.1) is 0 Å². The van der Waals surface area contributed by atoms with Crippen LogP contribution >= 0.6 is 23.1 Å². The van der Waals surface area contributed by atoms with Crippen LogP contribution < -0.4 is 15.4 Å². The zero-order chi connectivity index (χ0) is 27.2. The predicted molar refractivity (Wildman–Crippen MR) is 146 cm³/mol. The Balaban J connectivity index is 1.39. The molecule has 0 bridgehead atoms. The Bertz CT molecular complexity index is 1340. The second-order valence-electron chi connectivity index (χ2n) is 8.76. The Morgan fingerprint density at radius 3 is 2.76 bits per heavy atom. The van der Waals surface area contributed by atoms with Gasteiger partial charge in [0.1, 0.15) is 10.8 Å². The van der Waals surface area contributed by atoms with E-state index in [2.05, 4.69) is 20.8 Å². The van der Waals surface area contributed by atoms with E-state index in [9.17, 15) is 14.4 Å². The maximum Gasteiger partial charge on any atom is 0.341 e. The minimum Gasteiger partial charge on any atom is -0.497 e. The van der Waals surface area contributed by atoms with Crippen LogP contribution in [0.5, 0.6) is 5.75 Å². The number of nitrogens with zero attached hydrogens (tertiary/aromatic N) is 3. The molecule has 1 atom stereocenters. The van der Waals surface area contributed by atoms with Gasteiger partial charge in [0.25, 0.3) is 5.91 Å². The molecule has 1 aliphatic rings. The monoisotopic (exact) mass is 557 g/mol. The summed E-state index contributed by atoms with van der Waals surface area (Å²) in [5.74, 6) is 0.252. The number of amides is 2. The Morgan fingerprint density at radius 1 is 1.21 bits per heavy atom. The number of esters is 1. The minimum atomic E-state index is -0.508. The quantitative estimate of drug-likeness (QED) is 0.283. The SMILES string of the molecule is CCOC(=O)c1c(NC(=O)[C@@H](C)Sc2nnc(CNC(=O)c3cccc(OC)c3)n2C)sc2c1CCCC2. The molecule has 0 saturated heterocycles. The Morgan fingerprint density at radius 2 is 2.00 bits per heavy atom. The zero-order valence-corrected chi connectivity index (χ0v) is 23.5. The second kappa shape index (κ2) is 12.4. The van der Waals surface area contributed by atoms with Crippen molar-refractivity contribution >= 4 is 45.9 Å². The average Bonchev–Trinajstić information content (AvgIpc) is 3.46. The number of methoxy groups -OCH3 is 1. The van der Waals surface area contributed by atoms with Crippen LogP contribution in [0.1, 0.15) is 63.7 Å². The molecule has 4 rings (SSSR count).